The van der Waals surface area contributed by atoms with Crippen molar-refractivity contribution in [3.63, 3.8) is 0 Å². The largest absolute Gasteiger partial charge is 0.519 e. The van der Waals surface area contributed by atoms with E-state index in [2.05, 4.69) is 19.9 Å². The summed E-state index contributed by atoms with van der Waals surface area (Å²) >= 11 is 5.06. The molecule has 12 nitrogen and oxygen atoms in total. The minimum absolute atomic E-state index is 0.00428. The lowest BCUT2D eigenvalue weighted by molar-refractivity contribution is -0.757. The van der Waals surface area contributed by atoms with E-state index in [0.717, 1.165) is 0 Å². The second kappa shape index (κ2) is 10.1. The quantitative estimate of drug-likeness (QED) is 0.175. The van der Waals surface area contributed by atoms with Crippen molar-refractivity contribution in [3.05, 3.63) is 32.3 Å². The van der Waals surface area contributed by atoms with E-state index in [-0.39, 0.29) is 42.7 Å². The van der Waals surface area contributed by atoms with Gasteiger partial charge in [0.05, 0.1) is 17.5 Å². The molecule has 144 valence electrons. The minimum atomic E-state index is -0.955. The Bertz CT molecular complexity index is 727. The Morgan fingerprint density at radius 1 is 1.38 bits per heavy atom. The highest BCUT2D eigenvalue weighted by Gasteiger charge is 2.21. The zero-order valence-electron chi connectivity index (χ0n) is 13.9. The van der Waals surface area contributed by atoms with Crippen molar-refractivity contribution >= 4 is 29.1 Å². The number of carbonyl (C=O) groups excluding carboxylic acids is 2. The predicted octanol–water partition coefficient (Wildman–Crippen LogP) is -0.395. The predicted molar refractivity (Wildman–Crippen MR) is 87.5 cm³/mol. The van der Waals surface area contributed by atoms with Gasteiger partial charge in [0.1, 0.15) is 6.61 Å². The van der Waals surface area contributed by atoms with Crippen molar-refractivity contribution in [3.8, 4) is 0 Å². The first-order valence-corrected chi connectivity index (χ1v) is 7.67. The zero-order valence-corrected chi connectivity index (χ0v) is 14.8. The molecule has 0 radical (unpaired) electrons. The van der Waals surface area contributed by atoms with Crippen LogP contribution in [0.1, 0.15) is 24.9 Å². The van der Waals surface area contributed by atoms with Gasteiger partial charge in [-0.25, -0.2) is 4.79 Å². The normalized spacial score (nSPS) is 11.3. The van der Waals surface area contributed by atoms with E-state index in [1.165, 1.54) is 13.8 Å². The van der Waals surface area contributed by atoms with Gasteiger partial charge >= 0.3 is 11.8 Å². The molecule has 0 aliphatic heterocycles. The molecule has 1 heterocycles. The molecule has 2 N–H and O–H groups in total. The van der Waals surface area contributed by atoms with E-state index in [4.69, 9.17) is 21.4 Å². The molecule has 0 aromatic carbocycles. The van der Waals surface area contributed by atoms with E-state index < -0.39 is 28.8 Å². The number of amides is 1. The van der Waals surface area contributed by atoms with Crippen LogP contribution in [0, 0.1) is 17.0 Å². The molecule has 0 saturated heterocycles. The number of aryl methyl sites for hydroxylation is 1. The molecule has 0 aliphatic rings. The maximum absolute atomic E-state index is 11.9. The Morgan fingerprint density at radius 3 is 2.62 bits per heavy atom. The summed E-state index contributed by atoms with van der Waals surface area (Å²) in [6.45, 7) is 2.13. The van der Waals surface area contributed by atoms with Gasteiger partial charge in [-0.15, -0.1) is 10.1 Å². The van der Waals surface area contributed by atoms with E-state index in [1.54, 1.807) is 0 Å². The number of thiocarbonyl (C=S) groups is 1. The second-order valence-corrected chi connectivity index (χ2v) is 5.34. The van der Waals surface area contributed by atoms with E-state index in [9.17, 15) is 24.5 Å². The van der Waals surface area contributed by atoms with Crippen LogP contribution >= 0.6 is 12.2 Å². The third kappa shape index (κ3) is 7.74. The van der Waals surface area contributed by atoms with Gasteiger partial charge in [0, 0.05) is 13.5 Å². The Morgan fingerprint density at radius 2 is 2.08 bits per heavy atom. The maximum atomic E-state index is 11.9. The molecule has 1 aromatic heterocycles. The highest BCUT2D eigenvalue weighted by Crippen LogP contribution is 2.08. The molecule has 0 fully saturated rings. The molecule has 0 spiro atoms. The molecule has 0 aliphatic carbocycles. The van der Waals surface area contributed by atoms with Gasteiger partial charge in [0.2, 0.25) is 5.91 Å². The first-order chi connectivity index (χ1) is 12.2. The minimum Gasteiger partial charge on any atom is -0.457 e. The lowest BCUT2D eigenvalue weighted by atomic mass is 10.2. The van der Waals surface area contributed by atoms with Crippen molar-refractivity contribution in [2.45, 2.75) is 32.9 Å². The van der Waals surface area contributed by atoms with Crippen molar-refractivity contribution in [2.75, 3.05) is 13.2 Å². The summed E-state index contributed by atoms with van der Waals surface area (Å²) in [5, 5.41) is 14.2. The summed E-state index contributed by atoms with van der Waals surface area (Å²) in [4.78, 5) is 48.3. The number of nitrogens with one attached hydrogen (secondary N) is 2. The summed E-state index contributed by atoms with van der Waals surface area (Å²) in [7, 11) is 0. The molecule has 1 unspecified atom stereocenters. The first kappa shape index (κ1) is 21.1. The molecule has 0 bridgehead atoms. The summed E-state index contributed by atoms with van der Waals surface area (Å²) in [6, 6.07) is -0.886. The van der Waals surface area contributed by atoms with Gasteiger partial charge in [-0.1, -0.05) is 12.2 Å². The number of hydrogen-bond donors (Lipinski definition) is 2. The Hall–Kier alpha value is -2.96. The smallest absolute Gasteiger partial charge is 0.457 e. The van der Waals surface area contributed by atoms with Crippen molar-refractivity contribution < 1.29 is 33.1 Å². The monoisotopic (exact) mass is 391 g/mol. The van der Waals surface area contributed by atoms with Gasteiger partial charge in [0.15, 0.2) is 18.1 Å². The number of ether oxygens (including phenoxy) is 1. The van der Waals surface area contributed by atoms with Gasteiger partial charge in [-0.2, -0.15) is 0 Å². The van der Waals surface area contributed by atoms with Crippen LogP contribution in [0.2, 0.25) is 0 Å². The fourth-order valence-corrected chi connectivity index (χ4v) is 1.99. The molecular formula is C13H17N3O9S. The molecular weight excluding hydrogens is 374 g/mol. The number of hydrogen-bond acceptors (Lipinski definition) is 10. The second-order valence-electron chi connectivity index (χ2n) is 4.90. The average molecular weight is 391 g/mol. The van der Waals surface area contributed by atoms with Crippen molar-refractivity contribution in [2.24, 2.45) is 0 Å². The van der Waals surface area contributed by atoms with Crippen LogP contribution in [-0.2, 0) is 25.8 Å². The third-order valence-corrected chi connectivity index (χ3v) is 3.29. The Kier molecular flexibility index (Phi) is 8.21. The van der Waals surface area contributed by atoms with Gasteiger partial charge in [-0.05, 0) is 6.92 Å². The number of nitrogens with zero attached hydrogens (tertiary/aromatic N) is 1. The van der Waals surface area contributed by atoms with Gasteiger partial charge in [0.25, 0.3) is 5.09 Å². The molecule has 26 heavy (non-hydrogen) atoms. The fraction of sp³-hybridized carbons (Fsp3) is 0.538. The van der Waals surface area contributed by atoms with Crippen LogP contribution in [0.4, 0.5) is 0 Å². The van der Waals surface area contributed by atoms with Crippen LogP contribution in [-0.4, -0.2) is 41.1 Å². The standard InChI is InChI=1S/C13H17N3O9S/c1-7-10(25-13(19)24-7)6-22-11(18)5-9(15-8(2)17)12(26)14-3-4-23-16(20)21/h9H,3-6H2,1-2H3,(H,14,26)(H,15,17). The first-order valence-electron chi connectivity index (χ1n) is 7.26. The van der Waals surface area contributed by atoms with Crippen LogP contribution in [0.3, 0.4) is 0 Å². The van der Waals surface area contributed by atoms with Crippen molar-refractivity contribution in [1.82, 2.24) is 10.6 Å². The van der Waals surface area contributed by atoms with E-state index in [0.29, 0.717) is 0 Å². The lowest BCUT2D eigenvalue weighted by Gasteiger charge is -2.19. The maximum Gasteiger partial charge on any atom is 0.519 e. The average Bonchev–Trinajstić information content (AvgIpc) is 2.85. The highest BCUT2D eigenvalue weighted by atomic mass is 32.1. The van der Waals surface area contributed by atoms with Crippen LogP contribution in [0.5, 0.6) is 0 Å². The van der Waals surface area contributed by atoms with E-state index in [1.807, 2.05) is 0 Å². The van der Waals surface area contributed by atoms with Crippen LogP contribution in [0.25, 0.3) is 0 Å². The van der Waals surface area contributed by atoms with Gasteiger partial charge in [-0.3, -0.25) is 9.59 Å². The topological polar surface area (TPSA) is 163 Å². The van der Waals surface area contributed by atoms with Crippen LogP contribution < -0.4 is 16.5 Å². The van der Waals surface area contributed by atoms with Crippen molar-refractivity contribution in [1.29, 1.82) is 0 Å². The zero-order chi connectivity index (χ0) is 19.7. The molecule has 13 heteroatoms. The third-order valence-electron chi connectivity index (χ3n) is 2.86. The number of carbonyl (C=O) groups is 2. The molecule has 1 aromatic rings. The fourth-order valence-electron chi connectivity index (χ4n) is 1.75. The highest BCUT2D eigenvalue weighted by molar-refractivity contribution is 7.80. The number of esters is 1. The van der Waals surface area contributed by atoms with E-state index >= 15 is 0 Å². The molecule has 1 amide bonds. The summed E-state index contributed by atoms with van der Waals surface area (Å²) in [5.41, 5.74) is 0. The molecule has 1 atom stereocenters. The summed E-state index contributed by atoms with van der Waals surface area (Å²) in [5.74, 6) is -1.82. The SMILES string of the molecule is CC(=O)NC(CC(=O)OCc1oc(=O)oc1C)C(=S)NCCO[N+](=O)[O-]. The Labute approximate surface area is 151 Å². The molecule has 0 saturated carbocycles. The number of rotatable bonds is 10. The lowest BCUT2D eigenvalue weighted by Crippen LogP contribution is -2.47. The Balaban J connectivity index is 2.53. The summed E-state index contributed by atoms with van der Waals surface area (Å²) < 4.78 is 14.3. The summed E-state index contributed by atoms with van der Waals surface area (Å²) in [6.07, 6.45) is -0.303. The molecule has 1 rings (SSSR count). The van der Waals surface area contributed by atoms with Crippen LogP contribution in [0.15, 0.2) is 13.6 Å². The van der Waals surface area contributed by atoms with Gasteiger partial charge < -0.3 is 29.0 Å².